The molecule has 2 aromatic rings. The number of rotatable bonds is 6. The zero-order chi connectivity index (χ0) is 18.8. The molecule has 0 bridgehead atoms. The monoisotopic (exact) mass is 382 g/mol. The predicted octanol–water partition coefficient (Wildman–Crippen LogP) is 1.62. The minimum Gasteiger partial charge on any atom is -0.346 e. The Bertz CT molecular complexity index is 903. The number of nitrogens with two attached hydrogens (primary N) is 1. The normalized spacial score (nSPS) is 13.3. The quantitative estimate of drug-likeness (QED) is 0.659. The second-order valence-corrected chi connectivity index (χ2v) is 7.05. The Balaban J connectivity index is 0.00000338. The molecule has 1 amide bonds. The van der Waals surface area contributed by atoms with Crippen molar-refractivity contribution in [3.8, 4) is 0 Å². The molecule has 144 valence electrons. The lowest BCUT2D eigenvalue weighted by molar-refractivity contribution is 0.0898. The van der Waals surface area contributed by atoms with Crippen molar-refractivity contribution in [1.29, 1.82) is 0 Å². The smallest absolute Gasteiger partial charge is 0.316 e. The number of hydrogen-bond acceptors (Lipinski definition) is 4. The van der Waals surface area contributed by atoms with Crippen LogP contribution in [0.4, 0.5) is 0 Å². The number of H-pyrrole nitrogens is 1. The van der Waals surface area contributed by atoms with Gasteiger partial charge in [-0.3, -0.25) is 14.4 Å². The van der Waals surface area contributed by atoms with Crippen molar-refractivity contribution in [3.63, 3.8) is 0 Å². The Labute approximate surface area is 158 Å². The van der Waals surface area contributed by atoms with Crippen LogP contribution < -0.4 is 22.2 Å². The Morgan fingerprint density at radius 3 is 2.54 bits per heavy atom. The van der Waals surface area contributed by atoms with Crippen LogP contribution in [0.3, 0.4) is 0 Å². The van der Waals surface area contributed by atoms with E-state index in [0.29, 0.717) is 35.6 Å². The number of benzene rings is 1. The summed E-state index contributed by atoms with van der Waals surface area (Å²) in [4.78, 5) is 38.8. The van der Waals surface area contributed by atoms with E-state index in [0.717, 1.165) is 6.42 Å². The number of aryl methyl sites for hydroxylation is 1. The summed E-state index contributed by atoms with van der Waals surface area (Å²) in [5.41, 5.74) is 5.51. The summed E-state index contributed by atoms with van der Waals surface area (Å²) < 4.78 is 1.39. The van der Waals surface area contributed by atoms with E-state index in [1.807, 2.05) is 6.92 Å². The first-order valence-electron chi connectivity index (χ1n) is 8.50. The highest BCUT2D eigenvalue weighted by Crippen LogP contribution is 2.17. The van der Waals surface area contributed by atoms with Crippen LogP contribution in [-0.4, -0.2) is 27.5 Å². The largest absolute Gasteiger partial charge is 0.346 e. The number of carbonyl (C=O) groups excluding carboxylic acids is 1. The van der Waals surface area contributed by atoms with Crippen molar-refractivity contribution in [2.24, 2.45) is 11.7 Å². The van der Waals surface area contributed by atoms with Gasteiger partial charge in [0.2, 0.25) is 0 Å². The number of halogens is 1. The summed E-state index contributed by atoms with van der Waals surface area (Å²) in [6.07, 6.45) is 0.759. The Hall–Kier alpha value is -2.12. The van der Waals surface area contributed by atoms with Gasteiger partial charge in [-0.15, -0.1) is 12.4 Å². The van der Waals surface area contributed by atoms with E-state index >= 15 is 0 Å². The van der Waals surface area contributed by atoms with Crippen LogP contribution >= 0.6 is 12.4 Å². The number of amides is 1. The van der Waals surface area contributed by atoms with Crippen LogP contribution in [0, 0.1) is 5.92 Å². The number of nitrogens with one attached hydrogen (secondary N) is 2. The lowest BCUT2D eigenvalue weighted by Gasteiger charge is -2.31. The maximum Gasteiger partial charge on any atom is 0.316 e. The second kappa shape index (κ2) is 8.51. The van der Waals surface area contributed by atoms with E-state index in [-0.39, 0.29) is 18.3 Å². The summed E-state index contributed by atoms with van der Waals surface area (Å²) in [6.45, 7) is 8.57. The van der Waals surface area contributed by atoms with Gasteiger partial charge in [0.15, 0.2) is 0 Å². The molecule has 2 rings (SSSR count). The van der Waals surface area contributed by atoms with Gasteiger partial charge in [-0.1, -0.05) is 13.8 Å². The molecule has 0 aliphatic rings. The first-order valence-corrected chi connectivity index (χ1v) is 8.50. The van der Waals surface area contributed by atoms with E-state index in [2.05, 4.69) is 24.1 Å². The van der Waals surface area contributed by atoms with E-state index in [4.69, 9.17) is 5.73 Å². The molecule has 1 heterocycles. The molecule has 1 aromatic heterocycles. The van der Waals surface area contributed by atoms with Crippen molar-refractivity contribution in [3.05, 3.63) is 44.5 Å². The summed E-state index contributed by atoms with van der Waals surface area (Å²) >= 11 is 0. The lowest BCUT2D eigenvalue weighted by atomic mass is 9.90. The van der Waals surface area contributed by atoms with Crippen molar-refractivity contribution in [2.45, 2.75) is 46.2 Å². The molecule has 4 N–H and O–H groups in total. The fourth-order valence-corrected chi connectivity index (χ4v) is 3.17. The van der Waals surface area contributed by atoms with E-state index < -0.39 is 16.7 Å². The molecular formula is C18H27ClN4O3. The average molecular weight is 383 g/mol. The fraction of sp³-hybridized carbons (Fsp3) is 0.500. The highest BCUT2D eigenvalue weighted by molar-refractivity contribution is 5.97. The van der Waals surface area contributed by atoms with E-state index in [1.54, 1.807) is 25.1 Å². The zero-order valence-electron chi connectivity index (χ0n) is 15.6. The van der Waals surface area contributed by atoms with E-state index in [1.165, 1.54) is 4.57 Å². The van der Waals surface area contributed by atoms with Crippen LogP contribution in [0.5, 0.6) is 0 Å². The molecule has 0 saturated carbocycles. The lowest BCUT2D eigenvalue weighted by Crippen LogP contribution is -2.52. The van der Waals surface area contributed by atoms with Crippen LogP contribution in [0.15, 0.2) is 27.8 Å². The molecule has 7 nitrogen and oxygen atoms in total. The minimum absolute atomic E-state index is 0. The molecule has 1 aromatic carbocycles. The van der Waals surface area contributed by atoms with E-state index in [9.17, 15) is 14.4 Å². The number of nitrogens with zero attached hydrogens (tertiary/aromatic N) is 1. The summed E-state index contributed by atoms with van der Waals surface area (Å²) in [7, 11) is 0. The average Bonchev–Trinajstić information content (AvgIpc) is 2.54. The molecule has 26 heavy (non-hydrogen) atoms. The third-order valence-electron chi connectivity index (χ3n) is 4.28. The number of aromatic amines is 1. The molecule has 1 unspecified atom stereocenters. The zero-order valence-corrected chi connectivity index (χ0v) is 16.4. The summed E-state index contributed by atoms with van der Waals surface area (Å²) in [5, 5.41) is 2.99. The van der Waals surface area contributed by atoms with Gasteiger partial charge in [0.05, 0.1) is 11.0 Å². The van der Waals surface area contributed by atoms with Gasteiger partial charge in [0.25, 0.3) is 5.91 Å². The van der Waals surface area contributed by atoms with Gasteiger partial charge in [-0.25, -0.2) is 0 Å². The van der Waals surface area contributed by atoms with Crippen molar-refractivity contribution in [2.75, 3.05) is 6.54 Å². The third-order valence-corrected chi connectivity index (χ3v) is 4.28. The minimum atomic E-state index is -0.696. The number of carbonyl (C=O) groups is 1. The highest BCUT2D eigenvalue weighted by Gasteiger charge is 2.26. The molecule has 0 radical (unpaired) electrons. The first-order chi connectivity index (χ1) is 11.7. The Morgan fingerprint density at radius 1 is 1.35 bits per heavy atom. The predicted molar refractivity (Wildman–Crippen MR) is 106 cm³/mol. The van der Waals surface area contributed by atoms with Gasteiger partial charge < -0.3 is 20.6 Å². The fourth-order valence-electron chi connectivity index (χ4n) is 3.17. The SMILES string of the molecule is CCn1c(=O)c(=O)[nH]c2cc(C(=O)NC(C)(CN)CC(C)C)ccc21.Cl. The molecule has 0 aliphatic carbocycles. The number of hydrogen-bond donors (Lipinski definition) is 3. The van der Waals surface area contributed by atoms with Crippen molar-refractivity contribution >= 4 is 29.3 Å². The highest BCUT2D eigenvalue weighted by atomic mass is 35.5. The van der Waals surface area contributed by atoms with Crippen LogP contribution in [0.2, 0.25) is 0 Å². The molecule has 0 spiro atoms. The molecule has 1 atom stereocenters. The standard InChI is InChI=1S/C18H26N4O3.ClH/c1-5-22-14-7-6-12(8-13(14)20-16(24)17(22)25)15(23)21-18(4,10-19)9-11(2)3;/h6-8,11H,5,9-10,19H2,1-4H3,(H,20,24)(H,21,23);1H. The second-order valence-electron chi connectivity index (χ2n) is 7.05. The Morgan fingerprint density at radius 2 is 2.00 bits per heavy atom. The molecule has 0 saturated heterocycles. The number of aromatic nitrogens is 2. The van der Waals surface area contributed by atoms with Gasteiger partial charge in [0, 0.05) is 24.2 Å². The Kier molecular flexibility index (Phi) is 7.17. The van der Waals surface area contributed by atoms with Crippen molar-refractivity contribution < 1.29 is 4.79 Å². The van der Waals surface area contributed by atoms with Gasteiger partial charge in [0.1, 0.15) is 0 Å². The summed E-state index contributed by atoms with van der Waals surface area (Å²) in [5.74, 6) is 0.131. The maximum atomic E-state index is 12.6. The van der Waals surface area contributed by atoms with Crippen LogP contribution in [0.1, 0.15) is 44.5 Å². The molecular weight excluding hydrogens is 356 g/mol. The van der Waals surface area contributed by atoms with Gasteiger partial charge >= 0.3 is 11.1 Å². The maximum absolute atomic E-state index is 12.6. The third kappa shape index (κ3) is 4.53. The van der Waals surface area contributed by atoms with Crippen molar-refractivity contribution in [1.82, 2.24) is 14.9 Å². The van der Waals surface area contributed by atoms with Gasteiger partial charge in [-0.05, 0) is 44.4 Å². The van der Waals surface area contributed by atoms with Crippen LogP contribution in [0.25, 0.3) is 11.0 Å². The van der Waals surface area contributed by atoms with Crippen LogP contribution in [-0.2, 0) is 6.54 Å². The topological polar surface area (TPSA) is 110 Å². The summed E-state index contributed by atoms with van der Waals surface area (Å²) in [6, 6.07) is 4.91. The first kappa shape index (κ1) is 21.9. The molecule has 0 fully saturated rings. The number of fused-ring (bicyclic) bond motifs is 1. The molecule has 8 heteroatoms. The van der Waals surface area contributed by atoms with Gasteiger partial charge in [-0.2, -0.15) is 0 Å². The molecule has 0 aliphatic heterocycles.